The zero-order valence-electron chi connectivity index (χ0n) is 25.4. The van der Waals surface area contributed by atoms with E-state index < -0.39 is 17.7 Å². The number of anilines is 1. The Hall–Kier alpha value is -4.03. The van der Waals surface area contributed by atoms with Crippen LogP contribution in [0.4, 0.5) is 5.13 Å². The summed E-state index contributed by atoms with van der Waals surface area (Å²) in [6.45, 7) is 8.10. The van der Waals surface area contributed by atoms with Gasteiger partial charge in [0.15, 0.2) is 15.8 Å². The molecule has 2 atom stereocenters. The van der Waals surface area contributed by atoms with E-state index in [-0.39, 0.29) is 29.2 Å². The molecule has 1 N–H and O–H groups in total. The molecule has 1 aromatic heterocycles. The maximum absolute atomic E-state index is 13.8. The number of aromatic nitrogens is 2. The lowest BCUT2D eigenvalue weighted by Crippen LogP contribution is -2.29. The number of nitrogens with zero attached hydrogens (tertiary/aromatic N) is 3. The maximum atomic E-state index is 13.8. The van der Waals surface area contributed by atoms with Crippen LogP contribution in [0.25, 0.3) is 5.76 Å². The lowest BCUT2D eigenvalue weighted by Gasteiger charge is -2.23. The number of ether oxygens (including phenoxy) is 3. The first-order chi connectivity index (χ1) is 22.7. The monoisotopic (exact) mass is 709 g/mol. The number of rotatable bonds is 11. The zero-order chi connectivity index (χ0) is 33.2. The lowest BCUT2D eigenvalue weighted by molar-refractivity contribution is -0.132. The van der Waals surface area contributed by atoms with Gasteiger partial charge in [-0.15, -0.1) is 10.2 Å². The Balaban J connectivity index is 1.42. The second-order valence-electron chi connectivity index (χ2n) is 10.7. The van der Waals surface area contributed by atoms with E-state index in [4.69, 9.17) is 37.4 Å². The number of benzene rings is 3. The van der Waals surface area contributed by atoms with Crippen molar-refractivity contribution < 1.29 is 28.9 Å². The fourth-order valence-electron chi connectivity index (χ4n) is 5.44. The predicted molar refractivity (Wildman–Crippen MR) is 184 cm³/mol. The van der Waals surface area contributed by atoms with Gasteiger partial charge in [-0.05, 0) is 73.0 Å². The number of amides is 1. The number of carbonyl (C=O) groups is 2. The first kappa shape index (κ1) is 32.9. The van der Waals surface area contributed by atoms with Gasteiger partial charge in [-0.3, -0.25) is 14.5 Å². The van der Waals surface area contributed by atoms with Crippen molar-refractivity contribution in [3.8, 4) is 17.2 Å². The van der Waals surface area contributed by atoms with Gasteiger partial charge in [-0.1, -0.05) is 71.1 Å². The smallest absolute Gasteiger partial charge is 0.301 e. The Morgan fingerprint density at radius 2 is 1.96 bits per heavy atom. The Kier molecular flexibility index (Phi) is 9.79. The molecule has 2 aliphatic rings. The van der Waals surface area contributed by atoms with Crippen LogP contribution in [-0.2, 0) is 21.8 Å². The molecule has 0 aliphatic carbocycles. The van der Waals surface area contributed by atoms with Crippen LogP contribution in [0.1, 0.15) is 42.1 Å². The van der Waals surface area contributed by atoms with Gasteiger partial charge < -0.3 is 19.3 Å². The molecule has 1 fully saturated rings. The number of hydrogen-bond donors (Lipinski definition) is 1. The molecule has 2 aliphatic heterocycles. The van der Waals surface area contributed by atoms with E-state index in [1.807, 2.05) is 19.9 Å². The van der Waals surface area contributed by atoms with Gasteiger partial charge in [-0.25, -0.2) is 0 Å². The summed E-state index contributed by atoms with van der Waals surface area (Å²) in [4.78, 5) is 28.9. The highest BCUT2D eigenvalue weighted by atomic mass is 35.5. The minimum Gasteiger partial charge on any atom is -0.507 e. The van der Waals surface area contributed by atoms with Crippen molar-refractivity contribution in [3.05, 3.63) is 105 Å². The molecule has 13 heteroatoms. The summed E-state index contributed by atoms with van der Waals surface area (Å²) >= 11 is 14.9. The number of thioether (sulfide) groups is 1. The van der Waals surface area contributed by atoms with Gasteiger partial charge in [0.2, 0.25) is 5.13 Å². The number of ketones is 1. The van der Waals surface area contributed by atoms with Crippen LogP contribution in [0, 0.1) is 0 Å². The number of hydrogen-bond acceptors (Lipinski definition) is 10. The largest absolute Gasteiger partial charge is 0.507 e. The number of carbonyl (C=O) groups excluding carboxylic acids is 2. The van der Waals surface area contributed by atoms with E-state index in [1.54, 1.807) is 54.6 Å². The Morgan fingerprint density at radius 3 is 2.72 bits per heavy atom. The third-order valence-electron chi connectivity index (χ3n) is 7.52. The summed E-state index contributed by atoms with van der Waals surface area (Å²) in [5, 5.41) is 21.6. The van der Waals surface area contributed by atoms with Crippen LogP contribution in [0.5, 0.6) is 17.2 Å². The van der Waals surface area contributed by atoms with Gasteiger partial charge in [0.05, 0.1) is 18.2 Å². The van der Waals surface area contributed by atoms with Crippen molar-refractivity contribution in [3.63, 3.8) is 0 Å². The molecule has 0 saturated carbocycles. The molecular formula is C34H29Cl2N3O6S2. The molecule has 47 heavy (non-hydrogen) atoms. The normalized spacial score (nSPS) is 18.3. The van der Waals surface area contributed by atoms with E-state index in [9.17, 15) is 14.7 Å². The summed E-state index contributed by atoms with van der Waals surface area (Å²) in [6, 6.07) is 14.6. The maximum Gasteiger partial charge on any atom is 0.301 e. The summed E-state index contributed by atoms with van der Waals surface area (Å²) < 4.78 is 18.0. The molecule has 0 bridgehead atoms. The minimum absolute atomic E-state index is 0.00743. The third kappa shape index (κ3) is 6.71. The van der Waals surface area contributed by atoms with Crippen LogP contribution in [0.3, 0.4) is 0 Å². The summed E-state index contributed by atoms with van der Waals surface area (Å²) in [6.07, 6.45) is 2.27. The van der Waals surface area contributed by atoms with E-state index in [1.165, 1.54) is 16.7 Å². The van der Waals surface area contributed by atoms with Gasteiger partial charge >= 0.3 is 5.91 Å². The molecular weight excluding hydrogens is 681 g/mol. The molecule has 6 rings (SSSR count). The summed E-state index contributed by atoms with van der Waals surface area (Å²) in [7, 11) is 0. The van der Waals surface area contributed by atoms with Crippen molar-refractivity contribution in [2.24, 2.45) is 0 Å². The highest BCUT2D eigenvalue weighted by Crippen LogP contribution is 2.46. The van der Waals surface area contributed by atoms with Crippen LogP contribution < -0.4 is 19.1 Å². The highest BCUT2D eigenvalue weighted by molar-refractivity contribution is 8.00. The summed E-state index contributed by atoms with van der Waals surface area (Å²) in [5.74, 6) is 0.0938. The van der Waals surface area contributed by atoms with E-state index in [0.29, 0.717) is 55.8 Å². The van der Waals surface area contributed by atoms with Gasteiger partial charge in [-0.2, -0.15) is 0 Å². The van der Waals surface area contributed by atoms with Crippen molar-refractivity contribution in [2.75, 3.05) is 18.1 Å². The molecule has 0 radical (unpaired) electrons. The Labute approximate surface area is 289 Å². The topological polar surface area (TPSA) is 111 Å². The average Bonchev–Trinajstić information content (AvgIpc) is 3.74. The second kappa shape index (κ2) is 14.0. The standard InChI is InChI=1S/C34H29Cl2N3O6S2/c1-4-12-44-26-11-7-19(15-27(26)43-5-2)29-28(30(40)20-8-10-25-22(14-20)13-18(3)45-25)31(41)32(42)39(29)33-37-38-34(47-33)46-17-21-6-9-23(35)16-24(21)36/h4,6-11,14-16,18,29,40H,1,5,12-13,17H2,2-3H3/t18-,29-/m0/s1. The van der Waals surface area contributed by atoms with Gasteiger partial charge in [0.25, 0.3) is 5.78 Å². The third-order valence-corrected chi connectivity index (χ3v) is 10.2. The Bertz CT molecular complexity index is 1910. The van der Waals surface area contributed by atoms with Crippen molar-refractivity contribution in [1.29, 1.82) is 0 Å². The van der Waals surface area contributed by atoms with Crippen LogP contribution in [-0.4, -0.2) is 46.3 Å². The van der Waals surface area contributed by atoms with Crippen LogP contribution in [0.2, 0.25) is 10.0 Å². The van der Waals surface area contributed by atoms with E-state index in [2.05, 4.69) is 16.8 Å². The molecule has 9 nitrogen and oxygen atoms in total. The molecule has 242 valence electrons. The van der Waals surface area contributed by atoms with Gasteiger partial charge in [0, 0.05) is 27.8 Å². The highest BCUT2D eigenvalue weighted by Gasteiger charge is 2.48. The zero-order valence-corrected chi connectivity index (χ0v) is 28.5. The van der Waals surface area contributed by atoms with E-state index in [0.717, 1.165) is 28.2 Å². The number of aliphatic hydroxyl groups excluding tert-OH is 1. The van der Waals surface area contributed by atoms with Crippen molar-refractivity contribution in [2.45, 2.75) is 42.5 Å². The number of halogens is 2. The molecule has 3 aromatic carbocycles. The first-order valence-corrected chi connectivity index (χ1v) is 17.3. The fraction of sp³-hybridized carbons (Fsp3) is 0.235. The van der Waals surface area contributed by atoms with E-state index >= 15 is 0 Å². The Morgan fingerprint density at radius 1 is 1.13 bits per heavy atom. The van der Waals surface area contributed by atoms with Crippen molar-refractivity contribution in [1.82, 2.24) is 10.2 Å². The number of Topliss-reactive ketones (excluding diaryl/α,β-unsaturated/α-hetero) is 1. The number of fused-ring (bicyclic) bond motifs is 1. The fourth-order valence-corrected chi connectivity index (χ4v) is 7.86. The molecule has 1 saturated heterocycles. The number of aliphatic hydroxyl groups is 1. The first-order valence-electron chi connectivity index (χ1n) is 14.7. The van der Waals surface area contributed by atoms with Crippen molar-refractivity contribution >= 4 is 68.9 Å². The molecule has 4 aromatic rings. The predicted octanol–water partition coefficient (Wildman–Crippen LogP) is 8.05. The lowest BCUT2D eigenvalue weighted by atomic mass is 9.94. The second-order valence-corrected chi connectivity index (χ2v) is 13.8. The molecule has 3 heterocycles. The average molecular weight is 711 g/mol. The molecule has 0 spiro atoms. The molecule has 1 amide bonds. The van der Waals surface area contributed by atoms with Crippen LogP contribution >= 0.6 is 46.3 Å². The van der Waals surface area contributed by atoms with Gasteiger partial charge in [0.1, 0.15) is 24.2 Å². The molecule has 0 unspecified atom stereocenters. The quantitative estimate of drug-likeness (QED) is 0.0413. The minimum atomic E-state index is -1.04. The SMILES string of the molecule is C=CCOc1ccc([C@H]2C(=C(O)c3ccc4c(c3)C[C@H](C)O4)C(=O)C(=O)N2c2nnc(SCc3ccc(Cl)cc3Cl)s2)cc1OCC. The summed E-state index contributed by atoms with van der Waals surface area (Å²) in [5.41, 5.74) is 2.58. The van der Waals surface area contributed by atoms with Crippen LogP contribution in [0.15, 0.2) is 77.2 Å².